The first-order valence-electron chi connectivity index (χ1n) is 38.8. The molecule has 9 aliphatic carbocycles. The molecule has 22 N–H and O–H groups in total. The molecular weight excluding hydrogens is 1560 g/mol. The van der Waals surface area contributed by atoms with Crippen LogP contribution in [-0.4, -0.2) is 213 Å². The van der Waals surface area contributed by atoms with Crippen molar-refractivity contribution in [3.8, 4) is 0 Å². The molecule has 0 unspecified atom stereocenters. The van der Waals surface area contributed by atoms with Crippen molar-refractivity contribution < 1.29 is 0 Å². The van der Waals surface area contributed by atoms with E-state index in [2.05, 4.69) is 286 Å². The van der Waals surface area contributed by atoms with Crippen LogP contribution in [-0.2, 0) is 21.1 Å². The van der Waals surface area contributed by atoms with Crippen molar-refractivity contribution >= 4 is 107 Å². The maximum Gasteiger partial charge on any atom is 0.250 e. The van der Waals surface area contributed by atoms with E-state index in [4.69, 9.17) is 22.9 Å². The molecule has 0 aliphatic heterocycles. The van der Waals surface area contributed by atoms with Gasteiger partial charge in [-0.25, -0.2) is 30.6 Å². The minimum atomic E-state index is 0.320. The van der Waals surface area contributed by atoms with Crippen molar-refractivity contribution in [3.05, 3.63) is 215 Å². The minimum absolute atomic E-state index is 0.320. The summed E-state index contributed by atoms with van der Waals surface area (Å²) in [6, 6.07) is 0. The average Bonchev–Trinajstić information content (AvgIpc) is 1.69. The molecule has 0 aromatic carbocycles. The lowest BCUT2D eigenvalue weighted by atomic mass is 10.4. The quantitative estimate of drug-likeness (QED) is 0.0286. The molecule has 0 fully saturated rings. The summed E-state index contributed by atoms with van der Waals surface area (Å²) >= 11 is 0. The van der Waals surface area contributed by atoms with E-state index in [1.807, 2.05) is 154 Å². The smallest absolute Gasteiger partial charge is 0.250 e. The van der Waals surface area contributed by atoms with E-state index in [0.717, 1.165) is 127 Å². The maximum atomic E-state index is 5.60. The molecule has 18 rings (SSSR count). The van der Waals surface area contributed by atoms with E-state index < -0.39 is 0 Å². The molecule has 642 valence electrons. The fraction of sp³-hybridized carbons (Fsp3) is 0.299. The van der Waals surface area contributed by atoms with Crippen LogP contribution in [0.5, 0.6) is 0 Å². The molecule has 9 aromatic heterocycles. The summed E-state index contributed by atoms with van der Waals surface area (Å²) in [6.45, 7) is 0. The summed E-state index contributed by atoms with van der Waals surface area (Å²) in [5.41, 5.74) is 31.6. The Kier molecular flexibility index (Phi) is 32.1. The van der Waals surface area contributed by atoms with Crippen LogP contribution >= 0.6 is 0 Å². The van der Waals surface area contributed by atoms with E-state index in [1.165, 1.54) is 0 Å². The first-order valence-corrected chi connectivity index (χ1v) is 38.8. The van der Waals surface area contributed by atoms with Crippen molar-refractivity contribution in [1.82, 2.24) is 135 Å². The van der Waals surface area contributed by atoms with Crippen LogP contribution in [0.2, 0.25) is 0 Å². The van der Waals surface area contributed by atoms with E-state index in [-0.39, 0.29) is 0 Å². The number of H-pyrrole nitrogens is 6. The molecule has 0 saturated heterocycles. The highest BCUT2D eigenvalue weighted by molar-refractivity contribution is 5.54. The molecule has 0 atom stereocenters. The van der Waals surface area contributed by atoms with Crippen LogP contribution in [0.3, 0.4) is 0 Å². The molecule has 122 heavy (non-hydrogen) atoms. The van der Waals surface area contributed by atoms with Gasteiger partial charge in [0.05, 0.1) is 0 Å². The Hall–Kier alpha value is -16.0. The summed E-state index contributed by atoms with van der Waals surface area (Å²) in [5, 5.41) is 88.0. The number of nitrogen functional groups attached to an aromatic ring is 4. The zero-order valence-corrected chi connectivity index (χ0v) is 70.8. The Morgan fingerprint density at radius 1 is 0.295 bits per heavy atom. The fourth-order valence-corrected chi connectivity index (χ4v) is 11.3. The number of rotatable bonds is 23. The van der Waals surface area contributed by atoms with Gasteiger partial charge < -0.3 is 94.9 Å². The van der Waals surface area contributed by atoms with Gasteiger partial charge in [0.2, 0.25) is 89.2 Å². The van der Waals surface area contributed by atoms with Crippen molar-refractivity contribution in [2.75, 3.05) is 172 Å². The third-order valence-electron chi connectivity index (χ3n) is 17.9. The Morgan fingerprint density at radius 3 is 0.984 bits per heavy atom. The number of aromatic amines is 6. The lowest BCUT2D eigenvalue weighted by Crippen LogP contribution is -2.18. The Morgan fingerprint density at radius 2 is 0.639 bits per heavy atom. The van der Waals surface area contributed by atoms with Gasteiger partial charge >= 0.3 is 0 Å². The van der Waals surface area contributed by atoms with Gasteiger partial charge in [0.25, 0.3) is 17.8 Å². The molecule has 0 bridgehead atoms. The van der Waals surface area contributed by atoms with Gasteiger partial charge in [0, 0.05) is 150 Å². The number of aromatic nitrogens is 27. The lowest BCUT2D eigenvalue weighted by Gasteiger charge is -2.17. The summed E-state index contributed by atoms with van der Waals surface area (Å²) in [7, 11) is 26.5. The largest absolute Gasteiger partial charge is 0.368 e. The number of anilines is 18. The van der Waals surface area contributed by atoms with Crippen molar-refractivity contribution in [2.24, 2.45) is 21.1 Å². The third kappa shape index (κ3) is 26.0. The van der Waals surface area contributed by atoms with Crippen molar-refractivity contribution in [1.29, 1.82) is 0 Å². The molecule has 9 aromatic rings. The topological polar surface area (TPSA) is 561 Å². The molecule has 0 radical (unpaired) electrons. The van der Waals surface area contributed by atoms with Gasteiger partial charge in [-0.15, -0.1) is 61.2 Å². The zero-order valence-electron chi connectivity index (χ0n) is 70.8. The van der Waals surface area contributed by atoms with E-state index in [9.17, 15) is 0 Å². The van der Waals surface area contributed by atoms with Crippen LogP contribution in [0, 0.1) is 0 Å². The van der Waals surface area contributed by atoms with Gasteiger partial charge in [-0.3, -0.25) is 13.7 Å². The third-order valence-corrected chi connectivity index (χ3v) is 17.9. The highest BCUT2D eigenvalue weighted by Gasteiger charge is 2.18. The molecule has 0 spiro atoms. The van der Waals surface area contributed by atoms with E-state index in [0.29, 0.717) is 89.2 Å². The SMILES string of the molecule is CN(C)c1n[nH]c(NC2=CCC=C2)n1.CN(C)c1nnc(NC2=CCC=C2)n1C.CN(C1=CCC=C1)c1n[nH]c(N)n1.CN(C1=CCC=C1)c1nnc(N)n1C.CNc1n[nH]c(NC2=CCC=C2)n1.CNc1nc(N(C)C2=CCC=C2)n[nH]1.CNc1nc(N(C)C2=CCC=C2)n[nH]1.Cn1c(N)nnc1NC1=CCC=C1.Nc1nc(NC2=CCC=C2)n[nH]1. The minimum Gasteiger partial charge on any atom is -0.368 e. The lowest BCUT2D eigenvalue weighted by molar-refractivity contribution is 0.871. The van der Waals surface area contributed by atoms with E-state index in [1.54, 1.807) is 30.3 Å². The first-order chi connectivity index (χ1) is 59.0. The van der Waals surface area contributed by atoms with Gasteiger partial charge in [-0.05, 0) is 112 Å². The number of nitrogens with one attached hydrogen (secondary N) is 14. The van der Waals surface area contributed by atoms with Gasteiger partial charge in [0.15, 0.2) is 0 Å². The van der Waals surface area contributed by atoms with Crippen LogP contribution < -0.4 is 94.9 Å². The molecule has 9 aliphatic rings. The maximum absolute atomic E-state index is 5.60. The highest BCUT2D eigenvalue weighted by atomic mass is 15.5. The molecule has 45 nitrogen and oxygen atoms in total. The van der Waals surface area contributed by atoms with Crippen LogP contribution in [0.25, 0.3) is 0 Å². The second-order valence-corrected chi connectivity index (χ2v) is 27.2. The fourth-order valence-electron chi connectivity index (χ4n) is 11.3. The Bertz CT molecular complexity index is 5400. The number of likely N-dealkylation sites (N-methyl/N-ethyl adjacent to an activating group) is 4. The van der Waals surface area contributed by atoms with E-state index >= 15 is 0 Å². The Labute approximate surface area is 706 Å². The van der Waals surface area contributed by atoms with Crippen LogP contribution in [0.1, 0.15) is 57.8 Å². The second-order valence-electron chi connectivity index (χ2n) is 27.2. The van der Waals surface area contributed by atoms with Crippen LogP contribution in [0.4, 0.5) is 107 Å². The molecule has 0 saturated carbocycles. The monoisotopic (exact) mass is 1660 g/mol. The normalized spacial score (nSPS) is 14.5. The number of hydrogen-bond acceptors (Lipinski definition) is 36. The number of nitrogens with two attached hydrogens (primary N) is 4. The summed E-state index contributed by atoms with van der Waals surface area (Å²) in [4.78, 5) is 36.3. The van der Waals surface area contributed by atoms with Gasteiger partial charge in [0.1, 0.15) is 0 Å². The standard InChI is InChI=1S/C10H15N5.4C9H13N5.3C8H11N5.C7H9N5/c1-14(2)10-13-12-9(15(10)3)11-8-6-4-5-7-8;1-13(7-5-3-4-6-7)9-12-11-8(10)14(9)2;1-14(2)9-11-8(12-13-9)10-7-5-3-4-6-7;2*1-10-8-11-9(13-12-8)14(2)7-5-3-4-6-7;1-13(6-4-2-3-5-6)8-10-7(9)11-12-8;1-13-7(9)11-12-8(13)10-6-4-2-3-5-6;1-9-7-11-8(13-12-7)10-6-4-2-3-5-6;8-6-10-7(12-11-6)9-5-3-1-2-4-5/h4,6-7H,5H2,1-3H3,(H,11,12);3,5-6H,4H2,1-2H3,(H2,10,11);3*3,5-6H,4H2,1-2H3,(H2,10,11,12,13);2,4-5H,3H2,1H3,(H3,9,10,11,12);2,4-5H,3H2,1H3,(H2,9,11)(H,10,12);2,4-5H,3H2,1H3,(H3,9,10,11,12,13);1,3-4H,2H2,(H4,8,9,10,11,12). The average molecular weight is 1670 g/mol. The summed E-state index contributed by atoms with van der Waals surface area (Å²) in [5.74, 6) is 10.9. The highest BCUT2D eigenvalue weighted by Crippen LogP contribution is 2.25. The summed E-state index contributed by atoms with van der Waals surface area (Å²) < 4.78 is 5.38. The van der Waals surface area contributed by atoms with Gasteiger partial charge in [-0.1, -0.05) is 109 Å². The number of nitrogens with zero attached hydrogens (tertiary/aromatic N) is 27. The van der Waals surface area contributed by atoms with Crippen LogP contribution in [0.15, 0.2) is 215 Å². The number of hydrogen-bond donors (Lipinski definition) is 18. The van der Waals surface area contributed by atoms with Crippen molar-refractivity contribution in [2.45, 2.75) is 57.8 Å². The Balaban J connectivity index is 0.000000144. The molecule has 45 heteroatoms. The zero-order chi connectivity index (χ0) is 86.9. The molecule has 0 amide bonds. The summed E-state index contributed by atoms with van der Waals surface area (Å²) in [6.07, 6.45) is 64.8. The van der Waals surface area contributed by atoms with Gasteiger partial charge in [-0.2, -0.15) is 29.9 Å². The molecular formula is C77H109N45. The number of allylic oxidation sites excluding steroid dienone is 27. The predicted octanol–water partition coefficient (Wildman–Crippen LogP) is 8.26. The van der Waals surface area contributed by atoms with Crippen molar-refractivity contribution in [3.63, 3.8) is 0 Å². The predicted molar refractivity (Wildman–Crippen MR) is 485 cm³/mol. The second kappa shape index (κ2) is 44.3. The molecule has 9 heterocycles. The first kappa shape index (κ1) is 88.3.